The first-order valence-corrected chi connectivity index (χ1v) is 8.76. The van der Waals surface area contributed by atoms with E-state index in [1.807, 2.05) is 18.2 Å². The van der Waals surface area contributed by atoms with Crippen LogP contribution in [-0.2, 0) is 12.6 Å². The molecule has 2 heterocycles. The molecule has 2 aromatic carbocycles. The number of nitrogens with zero attached hydrogens (tertiary/aromatic N) is 1. The molecule has 1 saturated heterocycles. The van der Waals surface area contributed by atoms with E-state index in [0.717, 1.165) is 37.0 Å². The highest BCUT2D eigenvalue weighted by molar-refractivity contribution is 6.31. The van der Waals surface area contributed by atoms with Gasteiger partial charge in [0.2, 0.25) is 0 Å². The molecule has 3 nitrogen and oxygen atoms in total. The molecule has 26 heavy (non-hydrogen) atoms. The highest BCUT2D eigenvalue weighted by Gasteiger charge is 2.42. The molecule has 1 fully saturated rings. The summed E-state index contributed by atoms with van der Waals surface area (Å²) in [6, 6.07) is 11.1. The maximum atomic E-state index is 13.0. The van der Waals surface area contributed by atoms with E-state index in [1.165, 1.54) is 11.6 Å². The van der Waals surface area contributed by atoms with Crippen LogP contribution < -0.4 is 5.32 Å². The van der Waals surface area contributed by atoms with E-state index >= 15 is 0 Å². The molecular formula is C19H16ClF3N2O. The third-order valence-corrected chi connectivity index (χ3v) is 5.46. The molecule has 2 atom stereocenters. The molecule has 4 rings (SSSR count). The second-order valence-electron chi connectivity index (χ2n) is 6.68. The summed E-state index contributed by atoms with van der Waals surface area (Å²) in [5.74, 6) is 0. The maximum Gasteiger partial charge on any atom is 0.417 e. The predicted molar refractivity (Wildman–Crippen MR) is 93.2 cm³/mol. The van der Waals surface area contributed by atoms with Gasteiger partial charge in [0, 0.05) is 11.7 Å². The van der Waals surface area contributed by atoms with E-state index < -0.39 is 11.7 Å². The lowest BCUT2D eigenvalue weighted by Gasteiger charge is -2.36. The molecule has 7 heteroatoms. The first-order valence-electron chi connectivity index (χ1n) is 8.38. The number of carbonyl (C=O) groups is 1. The van der Waals surface area contributed by atoms with E-state index in [-0.39, 0.29) is 28.8 Å². The number of anilines is 1. The van der Waals surface area contributed by atoms with Gasteiger partial charge in [-0.2, -0.15) is 13.2 Å². The molecule has 1 N–H and O–H groups in total. The van der Waals surface area contributed by atoms with Crippen LogP contribution in [-0.4, -0.2) is 17.0 Å². The summed E-state index contributed by atoms with van der Waals surface area (Å²) in [4.78, 5) is 14.6. The molecule has 2 aliphatic rings. The van der Waals surface area contributed by atoms with Crippen LogP contribution in [0.5, 0.6) is 0 Å². The summed E-state index contributed by atoms with van der Waals surface area (Å²) in [6.07, 6.45) is -2.04. The van der Waals surface area contributed by atoms with Crippen LogP contribution in [0.1, 0.15) is 35.6 Å². The van der Waals surface area contributed by atoms with Crippen molar-refractivity contribution < 1.29 is 18.0 Å². The van der Waals surface area contributed by atoms with Crippen molar-refractivity contribution in [3.63, 3.8) is 0 Å². The molecule has 2 aliphatic heterocycles. The number of benzene rings is 2. The number of carbonyl (C=O) groups excluding carboxylic acids is 1. The SMILES string of the molecule is O=C(Nc1ccc(Cl)c(C(F)(F)F)c1)N1[C@H]2CC[C@@H]1c1ccccc1C2. The van der Waals surface area contributed by atoms with Crippen molar-refractivity contribution >= 4 is 23.3 Å². The number of halogens is 4. The van der Waals surface area contributed by atoms with Gasteiger partial charge in [0.15, 0.2) is 0 Å². The van der Waals surface area contributed by atoms with Crippen LogP contribution in [0.3, 0.4) is 0 Å². The summed E-state index contributed by atoms with van der Waals surface area (Å²) in [5.41, 5.74) is 1.51. The fraction of sp³-hybridized carbons (Fsp3) is 0.316. The van der Waals surface area contributed by atoms with E-state index in [9.17, 15) is 18.0 Å². The molecule has 2 amide bonds. The van der Waals surface area contributed by atoms with Gasteiger partial charge in [0.05, 0.1) is 16.6 Å². The van der Waals surface area contributed by atoms with Gasteiger partial charge in [-0.25, -0.2) is 4.79 Å². The van der Waals surface area contributed by atoms with E-state index in [4.69, 9.17) is 11.6 Å². The topological polar surface area (TPSA) is 32.3 Å². The van der Waals surface area contributed by atoms with Crippen LogP contribution in [0, 0.1) is 0 Å². The van der Waals surface area contributed by atoms with Gasteiger partial charge in [-0.15, -0.1) is 0 Å². The Bertz CT molecular complexity index is 868. The average molecular weight is 381 g/mol. The lowest BCUT2D eigenvalue weighted by atomic mass is 9.93. The molecular weight excluding hydrogens is 365 g/mol. The van der Waals surface area contributed by atoms with Crippen LogP contribution >= 0.6 is 11.6 Å². The molecule has 0 aliphatic carbocycles. The summed E-state index contributed by atoms with van der Waals surface area (Å²) in [6.45, 7) is 0. The summed E-state index contributed by atoms with van der Waals surface area (Å²) < 4.78 is 39.0. The largest absolute Gasteiger partial charge is 0.417 e. The van der Waals surface area contributed by atoms with Crippen LogP contribution in [0.25, 0.3) is 0 Å². The van der Waals surface area contributed by atoms with E-state index in [2.05, 4.69) is 11.4 Å². The molecule has 0 spiro atoms. The Labute approximate surface area is 153 Å². The molecule has 136 valence electrons. The Morgan fingerprint density at radius 3 is 2.69 bits per heavy atom. The van der Waals surface area contributed by atoms with Crippen molar-refractivity contribution in [3.8, 4) is 0 Å². The van der Waals surface area contributed by atoms with Gasteiger partial charge >= 0.3 is 12.2 Å². The quantitative estimate of drug-likeness (QED) is 0.681. The number of amides is 2. The van der Waals surface area contributed by atoms with Crippen molar-refractivity contribution in [2.24, 2.45) is 0 Å². The zero-order valence-electron chi connectivity index (χ0n) is 13.7. The third kappa shape index (κ3) is 2.92. The van der Waals surface area contributed by atoms with Gasteiger partial charge in [-0.3, -0.25) is 0 Å². The molecule has 2 bridgehead atoms. The molecule has 2 aromatic rings. The summed E-state index contributed by atoms with van der Waals surface area (Å²) in [7, 11) is 0. The summed E-state index contributed by atoms with van der Waals surface area (Å²) in [5, 5.41) is 2.22. The van der Waals surface area contributed by atoms with Crippen LogP contribution in [0.2, 0.25) is 5.02 Å². The lowest BCUT2D eigenvalue weighted by molar-refractivity contribution is -0.137. The highest BCUT2D eigenvalue weighted by Crippen LogP contribution is 2.44. The number of hydrogen-bond acceptors (Lipinski definition) is 1. The van der Waals surface area contributed by atoms with Crippen LogP contribution in [0.15, 0.2) is 42.5 Å². The molecule has 0 saturated carbocycles. The summed E-state index contributed by atoms with van der Waals surface area (Å²) >= 11 is 5.64. The first-order chi connectivity index (χ1) is 12.3. The normalized spacial score (nSPS) is 21.5. The van der Waals surface area contributed by atoms with Crippen molar-refractivity contribution in [3.05, 3.63) is 64.2 Å². The second kappa shape index (κ2) is 6.20. The van der Waals surface area contributed by atoms with E-state index in [1.54, 1.807) is 4.90 Å². The second-order valence-corrected chi connectivity index (χ2v) is 7.09. The van der Waals surface area contributed by atoms with Crippen molar-refractivity contribution in [2.45, 2.75) is 37.5 Å². The zero-order valence-corrected chi connectivity index (χ0v) is 14.4. The fourth-order valence-corrected chi connectivity index (χ4v) is 4.23. The lowest BCUT2D eigenvalue weighted by Crippen LogP contribution is -2.44. The van der Waals surface area contributed by atoms with Crippen molar-refractivity contribution in [1.82, 2.24) is 4.90 Å². The van der Waals surface area contributed by atoms with Crippen molar-refractivity contribution in [1.29, 1.82) is 0 Å². The zero-order chi connectivity index (χ0) is 18.5. The smallest absolute Gasteiger partial charge is 0.314 e. The Balaban J connectivity index is 1.59. The Morgan fingerprint density at radius 1 is 1.15 bits per heavy atom. The van der Waals surface area contributed by atoms with Gasteiger partial charge in [-0.05, 0) is 48.6 Å². The number of nitrogens with one attached hydrogen (secondary N) is 1. The minimum atomic E-state index is -4.57. The highest BCUT2D eigenvalue weighted by atomic mass is 35.5. The Morgan fingerprint density at radius 2 is 1.92 bits per heavy atom. The van der Waals surface area contributed by atoms with Crippen LogP contribution in [0.4, 0.5) is 23.7 Å². The van der Waals surface area contributed by atoms with Gasteiger partial charge in [0.25, 0.3) is 0 Å². The number of rotatable bonds is 1. The first kappa shape index (κ1) is 17.2. The van der Waals surface area contributed by atoms with Crippen molar-refractivity contribution in [2.75, 3.05) is 5.32 Å². The fourth-order valence-electron chi connectivity index (χ4n) is 4.00. The van der Waals surface area contributed by atoms with Gasteiger partial charge in [0.1, 0.15) is 0 Å². The Hall–Kier alpha value is -2.21. The minimum absolute atomic E-state index is 0.0284. The third-order valence-electron chi connectivity index (χ3n) is 5.13. The van der Waals surface area contributed by atoms with Gasteiger partial charge in [-0.1, -0.05) is 35.9 Å². The van der Waals surface area contributed by atoms with E-state index in [0.29, 0.717) is 0 Å². The monoisotopic (exact) mass is 380 g/mol. The minimum Gasteiger partial charge on any atom is -0.314 e. The molecule has 0 aromatic heterocycles. The predicted octanol–water partition coefficient (Wildman–Crippen LogP) is 5.65. The molecule has 0 radical (unpaired) electrons. The number of urea groups is 1. The number of fused-ring (bicyclic) bond motifs is 4. The maximum absolute atomic E-state index is 13.0. The average Bonchev–Trinajstić information content (AvgIpc) is 2.91. The number of hydrogen-bond donors (Lipinski definition) is 1. The number of alkyl halides is 3. The molecule has 0 unspecified atom stereocenters. The standard InChI is InChI=1S/C19H16ClF3N2O/c20-16-7-5-12(10-15(16)19(21,22)23)24-18(26)25-13-6-8-17(25)14-4-2-1-3-11(14)9-13/h1-5,7,10,13,17H,6,8-9H2,(H,24,26)/t13-,17+/m0/s1. The van der Waals surface area contributed by atoms with Gasteiger partial charge < -0.3 is 10.2 Å². The Kier molecular flexibility index (Phi) is 4.10.